The summed E-state index contributed by atoms with van der Waals surface area (Å²) >= 11 is 0. The molecular weight excluding hydrogens is 199 g/mol. The SMILES string of the molecule is CS(=O)(=O)c1ccccc1C(=O)[O-].[Li+]. The summed E-state index contributed by atoms with van der Waals surface area (Å²) in [6, 6.07) is 5.34. The molecule has 0 aliphatic carbocycles. The Hall–Kier alpha value is -0.763. The Kier molecular flexibility index (Phi) is 4.39. The van der Waals surface area contributed by atoms with E-state index in [1.807, 2.05) is 0 Å². The number of carboxylic acid groups (broad SMARTS) is 1. The molecule has 4 nitrogen and oxygen atoms in total. The van der Waals surface area contributed by atoms with Crippen molar-refractivity contribution in [3.63, 3.8) is 0 Å². The summed E-state index contributed by atoms with van der Waals surface area (Å²) in [5.74, 6) is -1.49. The Bertz CT molecular complexity index is 438. The molecule has 1 aromatic carbocycles. The van der Waals surface area contributed by atoms with Gasteiger partial charge in [0.2, 0.25) is 0 Å². The van der Waals surface area contributed by atoms with Crippen LogP contribution in [0, 0.1) is 0 Å². The molecule has 70 valence electrons. The maximum atomic E-state index is 11.1. The molecule has 0 radical (unpaired) electrons. The van der Waals surface area contributed by atoms with Gasteiger partial charge >= 0.3 is 18.9 Å². The largest absolute Gasteiger partial charge is 1.00 e. The van der Waals surface area contributed by atoms with Gasteiger partial charge in [0.25, 0.3) is 0 Å². The number of sulfone groups is 1. The predicted molar refractivity (Wildman–Crippen MR) is 43.9 cm³/mol. The van der Waals surface area contributed by atoms with E-state index in [0.717, 1.165) is 6.26 Å². The summed E-state index contributed by atoms with van der Waals surface area (Å²) in [4.78, 5) is 10.3. The van der Waals surface area contributed by atoms with E-state index in [9.17, 15) is 18.3 Å². The van der Waals surface area contributed by atoms with Gasteiger partial charge in [0.15, 0.2) is 9.84 Å². The predicted octanol–water partition coefficient (Wildman–Crippen LogP) is -3.54. The molecule has 0 N–H and O–H groups in total. The van der Waals surface area contributed by atoms with Gasteiger partial charge in [0.1, 0.15) is 0 Å². The van der Waals surface area contributed by atoms with Crippen molar-refractivity contribution in [1.82, 2.24) is 0 Å². The van der Waals surface area contributed by atoms with Crippen LogP contribution in [0.4, 0.5) is 0 Å². The summed E-state index contributed by atoms with van der Waals surface area (Å²) in [7, 11) is -3.50. The van der Waals surface area contributed by atoms with Crippen molar-refractivity contribution in [1.29, 1.82) is 0 Å². The number of benzene rings is 1. The molecule has 0 aliphatic heterocycles. The Morgan fingerprint density at radius 1 is 1.29 bits per heavy atom. The molecule has 0 unspecified atom stereocenters. The third-order valence-electron chi connectivity index (χ3n) is 1.51. The maximum absolute atomic E-state index is 11.1. The molecular formula is C8H7LiO4S. The first-order chi connectivity index (χ1) is 5.93. The van der Waals surface area contributed by atoms with E-state index in [4.69, 9.17) is 0 Å². The van der Waals surface area contributed by atoms with Gasteiger partial charge in [-0.25, -0.2) is 8.42 Å². The zero-order chi connectivity index (χ0) is 10.1. The van der Waals surface area contributed by atoms with E-state index >= 15 is 0 Å². The van der Waals surface area contributed by atoms with Gasteiger partial charge in [-0.2, -0.15) is 0 Å². The fourth-order valence-corrected chi connectivity index (χ4v) is 1.84. The van der Waals surface area contributed by atoms with Gasteiger partial charge in [-0.05, 0) is 6.07 Å². The molecule has 1 aromatic rings. The Labute approximate surface area is 94.0 Å². The van der Waals surface area contributed by atoms with Gasteiger partial charge < -0.3 is 9.90 Å². The van der Waals surface area contributed by atoms with E-state index in [0.29, 0.717) is 0 Å². The summed E-state index contributed by atoms with van der Waals surface area (Å²) in [6.07, 6.45) is 0.953. The number of rotatable bonds is 2. The second-order valence-corrected chi connectivity index (χ2v) is 4.54. The Balaban J connectivity index is 0.00000169. The summed E-state index contributed by atoms with van der Waals surface area (Å²) < 4.78 is 22.1. The molecule has 0 amide bonds. The smallest absolute Gasteiger partial charge is 0.545 e. The normalized spacial score (nSPS) is 10.4. The van der Waals surface area contributed by atoms with Crippen LogP contribution in [-0.2, 0) is 9.84 Å². The van der Waals surface area contributed by atoms with Crippen LogP contribution >= 0.6 is 0 Å². The third-order valence-corrected chi connectivity index (χ3v) is 2.66. The fraction of sp³-hybridized carbons (Fsp3) is 0.125. The Morgan fingerprint density at radius 3 is 2.14 bits per heavy atom. The Morgan fingerprint density at radius 2 is 1.79 bits per heavy atom. The molecule has 0 atom stereocenters. The molecule has 0 fully saturated rings. The minimum absolute atomic E-state index is 0. The van der Waals surface area contributed by atoms with Crippen molar-refractivity contribution < 1.29 is 37.2 Å². The number of carboxylic acids is 1. The minimum Gasteiger partial charge on any atom is -0.545 e. The number of carbonyl (C=O) groups is 1. The number of hydrogen-bond donors (Lipinski definition) is 0. The van der Waals surface area contributed by atoms with Crippen molar-refractivity contribution in [3.05, 3.63) is 29.8 Å². The van der Waals surface area contributed by atoms with Gasteiger partial charge in [-0.3, -0.25) is 0 Å². The van der Waals surface area contributed by atoms with E-state index in [2.05, 4.69) is 0 Å². The zero-order valence-corrected chi connectivity index (χ0v) is 8.67. The monoisotopic (exact) mass is 206 g/mol. The van der Waals surface area contributed by atoms with Crippen molar-refractivity contribution in [3.8, 4) is 0 Å². The summed E-state index contributed by atoms with van der Waals surface area (Å²) in [5.41, 5.74) is -0.301. The molecule has 6 heteroatoms. The second-order valence-electron chi connectivity index (χ2n) is 2.56. The number of carbonyl (C=O) groups excluding carboxylic acids is 1. The molecule has 0 saturated heterocycles. The van der Waals surface area contributed by atoms with Gasteiger partial charge in [-0.15, -0.1) is 0 Å². The van der Waals surface area contributed by atoms with E-state index in [-0.39, 0.29) is 29.3 Å². The molecule has 0 bridgehead atoms. The van der Waals surface area contributed by atoms with Crippen LogP contribution in [0.3, 0.4) is 0 Å². The second kappa shape index (κ2) is 4.65. The van der Waals surface area contributed by atoms with E-state index in [1.54, 1.807) is 0 Å². The average molecular weight is 206 g/mol. The first-order valence-corrected chi connectivity index (χ1v) is 5.32. The van der Waals surface area contributed by atoms with Crippen LogP contribution < -0.4 is 24.0 Å². The first-order valence-electron chi connectivity index (χ1n) is 3.43. The first kappa shape index (κ1) is 13.2. The van der Waals surface area contributed by atoms with Crippen molar-refractivity contribution in [2.24, 2.45) is 0 Å². The standard InChI is InChI=1S/C8H8O4S.Li/c1-13(11,12)7-5-3-2-4-6(7)8(9)10;/h2-5H,1H3,(H,9,10);/q;+1/p-1. The number of aromatic carboxylic acids is 1. The van der Waals surface area contributed by atoms with Crippen LogP contribution in [0.1, 0.15) is 10.4 Å². The molecule has 1 rings (SSSR count). The third kappa shape index (κ3) is 2.88. The van der Waals surface area contributed by atoms with Gasteiger partial charge in [0, 0.05) is 11.8 Å². The van der Waals surface area contributed by atoms with Gasteiger partial charge in [-0.1, -0.05) is 18.2 Å². The minimum atomic E-state index is -3.50. The van der Waals surface area contributed by atoms with Crippen LogP contribution in [0.2, 0.25) is 0 Å². The van der Waals surface area contributed by atoms with Crippen molar-refractivity contribution in [2.45, 2.75) is 4.90 Å². The van der Waals surface area contributed by atoms with Gasteiger partial charge in [0.05, 0.1) is 10.9 Å². The molecule has 0 aliphatic rings. The summed E-state index contributed by atoms with van der Waals surface area (Å²) in [6.45, 7) is 0. The summed E-state index contributed by atoms with van der Waals surface area (Å²) in [5, 5.41) is 10.5. The average Bonchev–Trinajstić information content (AvgIpc) is 2.03. The van der Waals surface area contributed by atoms with Crippen LogP contribution in [0.25, 0.3) is 0 Å². The van der Waals surface area contributed by atoms with E-state index in [1.165, 1.54) is 24.3 Å². The molecule has 0 saturated carbocycles. The van der Waals surface area contributed by atoms with E-state index < -0.39 is 15.8 Å². The van der Waals surface area contributed by atoms with Crippen molar-refractivity contribution in [2.75, 3.05) is 6.26 Å². The zero-order valence-electron chi connectivity index (χ0n) is 7.85. The molecule has 0 aromatic heterocycles. The number of hydrogen-bond acceptors (Lipinski definition) is 4. The maximum Gasteiger partial charge on any atom is 1.00 e. The molecule has 14 heavy (non-hydrogen) atoms. The van der Waals surface area contributed by atoms with Crippen LogP contribution in [0.5, 0.6) is 0 Å². The molecule has 0 heterocycles. The quantitative estimate of drug-likeness (QED) is 0.470. The molecule has 0 spiro atoms. The van der Waals surface area contributed by atoms with Crippen molar-refractivity contribution >= 4 is 15.8 Å². The van der Waals surface area contributed by atoms with Crippen LogP contribution in [0.15, 0.2) is 29.2 Å². The van der Waals surface area contributed by atoms with Crippen LogP contribution in [-0.4, -0.2) is 20.6 Å². The topological polar surface area (TPSA) is 74.3 Å². The fourth-order valence-electron chi connectivity index (χ4n) is 0.959.